The zero-order valence-corrected chi connectivity index (χ0v) is 17.3. The lowest BCUT2D eigenvalue weighted by Crippen LogP contribution is -2.51. The van der Waals surface area contributed by atoms with E-state index in [1.165, 1.54) is 0 Å². The first-order chi connectivity index (χ1) is 14.5. The average molecular weight is 426 g/mol. The Morgan fingerprint density at radius 2 is 2.06 bits per heavy atom. The van der Waals surface area contributed by atoms with Gasteiger partial charge < -0.3 is 20.5 Å². The highest BCUT2D eigenvalue weighted by Crippen LogP contribution is 2.42. The van der Waals surface area contributed by atoms with Crippen molar-refractivity contribution in [2.45, 2.75) is 52.9 Å². The van der Waals surface area contributed by atoms with Gasteiger partial charge in [0.25, 0.3) is 0 Å². The number of hydrogen-bond acceptors (Lipinski definition) is 8. The molecule has 9 heteroatoms. The number of ether oxygens (including phenoxy) is 1. The molecule has 2 fully saturated rings. The predicted molar refractivity (Wildman–Crippen MR) is 119 cm³/mol. The number of fused-ring (bicyclic) bond motifs is 1. The summed E-state index contributed by atoms with van der Waals surface area (Å²) in [5.74, 6) is 0.762. The number of aromatic nitrogens is 5. The number of hydrogen-bond donors (Lipinski definition) is 2. The van der Waals surface area contributed by atoms with Crippen LogP contribution in [0.1, 0.15) is 38.6 Å². The number of pyridine rings is 1. The van der Waals surface area contributed by atoms with E-state index in [9.17, 15) is 5.11 Å². The molecule has 5 heterocycles. The summed E-state index contributed by atoms with van der Waals surface area (Å²) in [6, 6.07) is 3.96. The summed E-state index contributed by atoms with van der Waals surface area (Å²) >= 11 is 0. The van der Waals surface area contributed by atoms with Crippen LogP contribution in [0.15, 0.2) is 24.7 Å². The normalized spacial score (nSPS) is 22.8. The summed E-state index contributed by atoms with van der Waals surface area (Å²) in [4.78, 5) is 11.9. The second-order valence-corrected chi connectivity index (χ2v) is 8.49. The van der Waals surface area contributed by atoms with Crippen LogP contribution in [0.3, 0.4) is 0 Å². The Bertz CT molecular complexity index is 1070. The molecule has 0 unspecified atom stereocenters. The fourth-order valence-corrected chi connectivity index (χ4v) is 4.78. The number of aliphatic hydroxyl groups excluding tert-OH is 1. The quantitative estimate of drug-likeness (QED) is 0.654. The summed E-state index contributed by atoms with van der Waals surface area (Å²) in [6.07, 6.45) is 5.57. The number of anilines is 1. The summed E-state index contributed by atoms with van der Waals surface area (Å²) < 4.78 is 7.67. The summed E-state index contributed by atoms with van der Waals surface area (Å²) in [7, 11) is 0. The van der Waals surface area contributed by atoms with E-state index in [1.807, 2.05) is 29.7 Å². The van der Waals surface area contributed by atoms with Crippen molar-refractivity contribution in [1.82, 2.24) is 24.6 Å². The molecule has 2 aliphatic heterocycles. The van der Waals surface area contributed by atoms with E-state index in [1.54, 1.807) is 6.33 Å². The van der Waals surface area contributed by atoms with E-state index in [-0.39, 0.29) is 31.6 Å². The van der Waals surface area contributed by atoms with E-state index in [0.717, 1.165) is 61.0 Å². The van der Waals surface area contributed by atoms with Gasteiger partial charge in [0.2, 0.25) is 0 Å². The molecule has 166 valence electrons. The second-order valence-electron chi connectivity index (χ2n) is 8.49. The van der Waals surface area contributed by atoms with Crippen molar-refractivity contribution in [2.75, 3.05) is 24.6 Å². The molecule has 2 aliphatic rings. The van der Waals surface area contributed by atoms with Crippen molar-refractivity contribution in [2.24, 2.45) is 11.1 Å². The lowest BCUT2D eigenvalue weighted by molar-refractivity contribution is 0.0973. The Balaban J connectivity index is 0.00000231. The minimum absolute atomic E-state index is 0. The van der Waals surface area contributed by atoms with Gasteiger partial charge in [-0.05, 0) is 38.8 Å². The van der Waals surface area contributed by atoms with Gasteiger partial charge in [0.15, 0.2) is 11.5 Å². The van der Waals surface area contributed by atoms with E-state index < -0.39 is 0 Å². The van der Waals surface area contributed by atoms with Crippen molar-refractivity contribution < 1.29 is 9.84 Å². The molecule has 2 saturated heterocycles. The Hall–Kier alpha value is -2.62. The van der Waals surface area contributed by atoms with Gasteiger partial charge in [-0.2, -0.15) is 0 Å². The van der Waals surface area contributed by atoms with Gasteiger partial charge in [-0.1, -0.05) is 7.43 Å². The Morgan fingerprint density at radius 1 is 1.29 bits per heavy atom. The molecule has 0 aromatic carbocycles. The van der Waals surface area contributed by atoms with E-state index in [4.69, 9.17) is 20.4 Å². The average Bonchev–Trinajstić information content (AvgIpc) is 3.34. The summed E-state index contributed by atoms with van der Waals surface area (Å²) in [6.45, 7) is 6.23. The number of nitrogens with zero attached hydrogens (tertiary/aromatic N) is 6. The van der Waals surface area contributed by atoms with E-state index in [0.29, 0.717) is 5.69 Å². The fourth-order valence-electron chi connectivity index (χ4n) is 4.78. The van der Waals surface area contributed by atoms with Crippen LogP contribution in [0.4, 0.5) is 5.82 Å². The maximum Gasteiger partial charge on any atom is 0.161 e. The van der Waals surface area contributed by atoms with E-state index >= 15 is 0 Å². The molecule has 2 atom stereocenters. The third-order valence-electron chi connectivity index (χ3n) is 6.75. The highest BCUT2D eigenvalue weighted by molar-refractivity contribution is 5.67. The van der Waals surface area contributed by atoms with Crippen molar-refractivity contribution >= 4 is 11.5 Å². The van der Waals surface area contributed by atoms with Crippen molar-refractivity contribution in [1.29, 1.82) is 0 Å². The van der Waals surface area contributed by atoms with Crippen LogP contribution in [0.2, 0.25) is 0 Å². The SMILES string of the molecule is C.Cc1nc(N2CCC3(CC2)CO[C@@H](C)[C@H]3N)c(CO)nc1-c1ccn2cnnc2c1. The van der Waals surface area contributed by atoms with Gasteiger partial charge in [0.05, 0.1) is 30.7 Å². The van der Waals surface area contributed by atoms with Crippen LogP contribution in [0, 0.1) is 12.3 Å². The van der Waals surface area contributed by atoms with Gasteiger partial charge >= 0.3 is 0 Å². The molecule has 31 heavy (non-hydrogen) atoms. The molecule has 5 rings (SSSR count). The molecule has 3 aromatic heterocycles. The predicted octanol–water partition coefficient (Wildman–Crippen LogP) is 1.96. The van der Waals surface area contributed by atoms with Crippen LogP contribution in [-0.2, 0) is 11.3 Å². The topological polar surface area (TPSA) is 115 Å². The van der Waals surface area contributed by atoms with E-state index in [2.05, 4.69) is 22.0 Å². The maximum absolute atomic E-state index is 10.0. The van der Waals surface area contributed by atoms with Crippen LogP contribution >= 0.6 is 0 Å². The molecule has 0 aliphatic carbocycles. The number of aryl methyl sites for hydroxylation is 1. The lowest BCUT2D eigenvalue weighted by Gasteiger charge is -2.42. The van der Waals surface area contributed by atoms with Crippen LogP contribution < -0.4 is 10.6 Å². The van der Waals surface area contributed by atoms with Crippen molar-refractivity contribution in [3.05, 3.63) is 36.0 Å². The Morgan fingerprint density at radius 3 is 2.74 bits per heavy atom. The maximum atomic E-state index is 10.0. The number of rotatable bonds is 3. The molecule has 0 amide bonds. The van der Waals surface area contributed by atoms with Gasteiger partial charge in [-0.15, -0.1) is 10.2 Å². The fraction of sp³-hybridized carbons (Fsp3) is 0.545. The summed E-state index contributed by atoms with van der Waals surface area (Å²) in [5.41, 5.74) is 10.3. The largest absolute Gasteiger partial charge is 0.390 e. The third kappa shape index (κ3) is 3.56. The second kappa shape index (κ2) is 8.14. The van der Waals surface area contributed by atoms with Crippen molar-refractivity contribution in [3.63, 3.8) is 0 Å². The molecular weight excluding hydrogens is 394 g/mol. The monoisotopic (exact) mass is 425 g/mol. The minimum atomic E-state index is -0.163. The first kappa shape index (κ1) is 21.6. The lowest BCUT2D eigenvalue weighted by atomic mass is 9.73. The third-order valence-corrected chi connectivity index (χ3v) is 6.75. The van der Waals surface area contributed by atoms with Crippen molar-refractivity contribution in [3.8, 4) is 11.3 Å². The zero-order chi connectivity index (χ0) is 20.9. The Kier molecular flexibility index (Phi) is 5.67. The van der Waals surface area contributed by atoms with Gasteiger partial charge in [-0.25, -0.2) is 9.97 Å². The Labute approximate surface area is 182 Å². The van der Waals surface area contributed by atoms with Crippen LogP contribution in [0.5, 0.6) is 0 Å². The molecule has 9 nitrogen and oxygen atoms in total. The highest BCUT2D eigenvalue weighted by atomic mass is 16.5. The summed E-state index contributed by atoms with van der Waals surface area (Å²) in [5, 5.41) is 18.1. The number of aliphatic hydroxyl groups is 1. The van der Waals surface area contributed by atoms with Crippen LogP contribution in [-0.4, -0.2) is 61.5 Å². The zero-order valence-electron chi connectivity index (χ0n) is 17.3. The molecule has 0 bridgehead atoms. The molecular formula is C22H31N7O2. The minimum Gasteiger partial charge on any atom is -0.390 e. The van der Waals surface area contributed by atoms with Crippen LogP contribution in [0.25, 0.3) is 16.9 Å². The number of piperidine rings is 1. The first-order valence-electron chi connectivity index (χ1n) is 10.4. The smallest absolute Gasteiger partial charge is 0.161 e. The molecule has 0 radical (unpaired) electrons. The standard InChI is InChI=1S/C21H27N7O2.CH4/c1-13-18(15-3-6-28-12-23-26-17(28)9-15)25-16(10-29)20(24-13)27-7-4-21(5-8-27)11-30-14(2)19(21)22;/h3,6,9,12,14,19,29H,4-5,7-8,10-11,22H2,1-2H3;1H4/t14-,19+;/m0./s1. The van der Waals surface area contributed by atoms with Gasteiger partial charge in [-0.3, -0.25) is 4.40 Å². The first-order valence-corrected chi connectivity index (χ1v) is 10.4. The van der Waals surface area contributed by atoms with Gasteiger partial charge in [0, 0.05) is 36.3 Å². The molecule has 0 saturated carbocycles. The number of nitrogens with two attached hydrogens (primary N) is 1. The molecule has 3 N–H and O–H groups in total. The highest BCUT2D eigenvalue weighted by Gasteiger charge is 2.47. The van der Waals surface area contributed by atoms with Gasteiger partial charge in [0.1, 0.15) is 12.0 Å². The molecule has 1 spiro atoms. The molecule has 3 aromatic rings.